The molecule has 0 bridgehead atoms. The number of carbonyl (C=O) groups is 2. The Balaban J connectivity index is 1.59. The lowest BCUT2D eigenvalue weighted by Crippen LogP contribution is -2.17. The molecule has 0 radical (unpaired) electrons. The number of hydrogen-bond acceptors (Lipinski definition) is 7. The van der Waals surface area contributed by atoms with Gasteiger partial charge in [0.05, 0.1) is 28.3 Å². The van der Waals surface area contributed by atoms with Crippen molar-refractivity contribution in [1.29, 1.82) is 0 Å². The number of oxazole rings is 1. The number of nitrogens with zero attached hydrogens (tertiary/aromatic N) is 3. The fourth-order valence-electron chi connectivity index (χ4n) is 3.57. The molecule has 0 aliphatic carbocycles. The summed E-state index contributed by atoms with van der Waals surface area (Å²) >= 11 is 0. The number of aromatic amines is 1. The summed E-state index contributed by atoms with van der Waals surface area (Å²) in [4.78, 5) is 39.7. The molecule has 3 heterocycles. The summed E-state index contributed by atoms with van der Waals surface area (Å²) in [5.74, 6) is -3.82. The number of H-pyrrole nitrogens is 1. The summed E-state index contributed by atoms with van der Waals surface area (Å²) in [6.07, 6.45) is 5.42. The lowest BCUT2D eigenvalue weighted by molar-refractivity contribution is 0.0996. The first-order valence-electron chi connectivity index (χ1n) is 9.84. The molecule has 11 heteroatoms. The van der Waals surface area contributed by atoms with E-state index in [4.69, 9.17) is 10.2 Å². The van der Waals surface area contributed by atoms with Crippen molar-refractivity contribution in [3.8, 4) is 11.3 Å². The van der Waals surface area contributed by atoms with Gasteiger partial charge in [0.25, 0.3) is 5.91 Å². The minimum absolute atomic E-state index is 0.0936. The third-order valence-electron chi connectivity index (χ3n) is 5.14. The Morgan fingerprint density at radius 2 is 1.94 bits per heavy atom. The van der Waals surface area contributed by atoms with Gasteiger partial charge in [-0.3, -0.25) is 9.59 Å². The van der Waals surface area contributed by atoms with Crippen LogP contribution in [0.15, 0.2) is 65.9 Å². The number of benzene rings is 2. The SMILES string of the molecule is NC(=O)c1ccc(F)c(C(=O)c2c[nH]c3ncnc(Nc4cccc(-c5cnco5)c4)c23)c1F. The molecular formula is C23H14F2N6O3. The van der Waals surface area contributed by atoms with Crippen molar-refractivity contribution >= 4 is 34.2 Å². The van der Waals surface area contributed by atoms with Crippen LogP contribution in [0, 0.1) is 11.6 Å². The highest BCUT2D eigenvalue weighted by Crippen LogP contribution is 2.31. The summed E-state index contributed by atoms with van der Waals surface area (Å²) in [7, 11) is 0. The normalized spacial score (nSPS) is 11.0. The molecule has 0 atom stereocenters. The Morgan fingerprint density at radius 1 is 1.09 bits per heavy atom. The lowest BCUT2D eigenvalue weighted by atomic mass is 9.99. The van der Waals surface area contributed by atoms with E-state index in [1.54, 1.807) is 24.4 Å². The molecule has 0 spiro atoms. The number of nitrogens with two attached hydrogens (primary N) is 1. The summed E-state index contributed by atoms with van der Waals surface area (Å²) < 4.78 is 34.6. The van der Waals surface area contributed by atoms with Crippen LogP contribution in [-0.2, 0) is 0 Å². The Kier molecular flexibility index (Phi) is 5.05. The van der Waals surface area contributed by atoms with E-state index in [1.165, 1.54) is 18.9 Å². The molecule has 9 nitrogen and oxygen atoms in total. The highest BCUT2D eigenvalue weighted by atomic mass is 19.1. The molecule has 34 heavy (non-hydrogen) atoms. The van der Waals surface area contributed by atoms with Gasteiger partial charge in [-0.25, -0.2) is 23.7 Å². The van der Waals surface area contributed by atoms with Gasteiger partial charge in [0.2, 0.25) is 5.78 Å². The second-order valence-electron chi connectivity index (χ2n) is 7.20. The summed E-state index contributed by atoms with van der Waals surface area (Å²) in [6.45, 7) is 0. The van der Waals surface area contributed by atoms with E-state index < -0.39 is 34.5 Å². The first kappa shape index (κ1) is 20.9. The smallest absolute Gasteiger partial charge is 0.251 e. The van der Waals surface area contributed by atoms with E-state index in [1.807, 2.05) is 6.07 Å². The number of ketones is 1. The molecule has 0 saturated carbocycles. The van der Waals surface area contributed by atoms with Gasteiger partial charge in [0, 0.05) is 17.4 Å². The number of nitrogens with one attached hydrogen (secondary N) is 2. The number of primary amides is 1. The Morgan fingerprint density at radius 3 is 2.71 bits per heavy atom. The molecule has 0 saturated heterocycles. The monoisotopic (exact) mass is 460 g/mol. The third-order valence-corrected chi connectivity index (χ3v) is 5.14. The number of hydrogen-bond donors (Lipinski definition) is 3. The molecule has 5 rings (SSSR count). The first-order valence-corrected chi connectivity index (χ1v) is 9.84. The molecule has 5 aromatic rings. The number of halogens is 2. The zero-order valence-corrected chi connectivity index (χ0v) is 17.2. The zero-order valence-electron chi connectivity index (χ0n) is 17.2. The van der Waals surface area contributed by atoms with Crippen molar-refractivity contribution in [2.24, 2.45) is 5.73 Å². The predicted molar refractivity (Wildman–Crippen MR) is 117 cm³/mol. The molecule has 3 aromatic heterocycles. The lowest BCUT2D eigenvalue weighted by Gasteiger charge is -2.10. The van der Waals surface area contributed by atoms with Gasteiger partial charge in [-0.15, -0.1) is 0 Å². The maximum atomic E-state index is 14.8. The Bertz CT molecular complexity index is 1560. The molecule has 0 aliphatic heterocycles. The van der Waals surface area contributed by atoms with Crippen molar-refractivity contribution in [2.75, 3.05) is 5.32 Å². The van der Waals surface area contributed by atoms with Crippen LogP contribution < -0.4 is 11.1 Å². The minimum atomic E-state index is -1.34. The Labute approximate surface area is 189 Å². The first-order chi connectivity index (χ1) is 16.4. The molecule has 0 aliphatic rings. The molecule has 0 unspecified atom stereocenters. The van der Waals surface area contributed by atoms with Crippen LogP contribution in [0.2, 0.25) is 0 Å². The number of rotatable bonds is 6. The quantitative estimate of drug-likeness (QED) is 0.326. The van der Waals surface area contributed by atoms with E-state index in [0.29, 0.717) is 11.4 Å². The van der Waals surface area contributed by atoms with Gasteiger partial charge in [-0.05, 0) is 24.3 Å². The number of fused-ring (bicyclic) bond motifs is 1. The topological polar surface area (TPSA) is 140 Å². The zero-order chi connectivity index (χ0) is 23.8. The maximum Gasteiger partial charge on any atom is 0.251 e. The van der Waals surface area contributed by atoms with Crippen molar-refractivity contribution < 1.29 is 22.8 Å². The van der Waals surface area contributed by atoms with Gasteiger partial charge in [-0.2, -0.15) is 0 Å². The summed E-state index contributed by atoms with van der Waals surface area (Å²) in [5.41, 5.74) is 5.15. The molecular weight excluding hydrogens is 446 g/mol. The molecule has 2 aromatic carbocycles. The molecule has 168 valence electrons. The third kappa shape index (κ3) is 3.54. The van der Waals surface area contributed by atoms with Crippen LogP contribution in [0.5, 0.6) is 0 Å². The molecule has 0 fully saturated rings. The second-order valence-corrected chi connectivity index (χ2v) is 7.20. The van der Waals surface area contributed by atoms with E-state index in [9.17, 15) is 18.4 Å². The largest absolute Gasteiger partial charge is 0.444 e. The van der Waals surface area contributed by atoms with Crippen LogP contribution in [-0.4, -0.2) is 31.6 Å². The van der Waals surface area contributed by atoms with Gasteiger partial charge in [0.15, 0.2) is 12.2 Å². The predicted octanol–water partition coefficient (Wildman–Crippen LogP) is 3.96. The van der Waals surface area contributed by atoms with Crippen molar-refractivity contribution in [3.05, 3.63) is 89.8 Å². The standard InChI is InChI=1S/C23H14F2N6O3/c24-15-5-4-13(21(26)33)19(25)18(15)20(32)14-7-28-22-17(14)23(30-9-29-22)31-12-3-1-2-11(6-12)16-8-27-10-34-16/h1-10H,(H2,26,33)(H2,28,29,30,31). The van der Waals surface area contributed by atoms with Gasteiger partial charge in [-0.1, -0.05) is 12.1 Å². The van der Waals surface area contributed by atoms with Gasteiger partial charge >= 0.3 is 0 Å². The van der Waals surface area contributed by atoms with Crippen molar-refractivity contribution in [2.45, 2.75) is 0 Å². The number of aromatic nitrogens is 4. The van der Waals surface area contributed by atoms with E-state index in [0.717, 1.165) is 17.7 Å². The summed E-state index contributed by atoms with van der Waals surface area (Å²) in [5, 5.41) is 3.30. The Hall–Kier alpha value is -4.93. The molecule has 1 amide bonds. The van der Waals surface area contributed by atoms with Crippen LogP contribution in [0.3, 0.4) is 0 Å². The van der Waals surface area contributed by atoms with Gasteiger partial charge in [0.1, 0.15) is 29.4 Å². The van der Waals surface area contributed by atoms with Crippen LogP contribution in [0.4, 0.5) is 20.3 Å². The highest BCUT2D eigenvalue weighted by Gasteiger charge is 2.27. The minimum Gasteiger partial charge on any atom is -0.444 e. The molecule has 4 N–H and O–H groups in total. The highest BCUT2D eigenvalue weighted by molar-refractivity contribution is 6.19. The number of anilines is 2. The van der Waals surface area contributed by atoms with Gasteiger partial charge < -0.3 is 20.5 Å². The van der Waals surface area contributed by atoms with E-state index in [2.05, 4.69) is 25.3 Å². The average molecular weight is 460 g/mol. The maximum absolute atomic E-state index is 14.8. The number of carbonyl (C=O) groups excluding carboxylic acids is 2. The average Bonchev–Trinajstić information content (AvgIpc) is 3.50. The van der Waals surface area contributed by atoms with Crippen molar-refractivity contribution in [1.82, 2.24) is 19.9 Å². The van der Waals surface area contributed by atoms with E-state index in [-0.39, 0.29) is 22.4 Å². The summed E-state index contributed by atoms with van der Waals surface area (Å²) in [6, 6.07) is 8.84. The fraction of sp³-hybridized carbons (Fsp3) is 0. The number of amides is 1. The fourth-order valence-corrected chi connectivity index (χ4v) is 3.57. The van der Waals surface area contributed by atoms with Crippen LogP contribution in [0.1, 0.15) is 26.3 Å². The van der Waals surface area contributed by atoms with Crippen LogP contribution in [0.25, 0.3) is 22.4 Å². The van der Waals surface area contributed by atoms with Crippen LogP contribution >= 0.6 is 0 Å². The van der Waals surface area contributed by atoms with Crippen molar-refractivity contribution in [3.63, 3.8) is 0 Å². The van der Waals surface area contributed by atoms with E-state index >= 15 is 0 Å². The second kappa shape index (κ2) is 8.20.